The molecule has 2 N–H and O–H groups in total. The van der Waals surface area contributed by atoms with Gasteiger partial charge in [0.2, 0.25) is 0 Å². The van der Waals surface area contributed by atoms with E-state index in [9.17, 15) is 14.7 Å². The van der Waals surface area contributed by atoms with Gasteiger partial charge >= 0.3 is 11.9 Å². The molecule has 5 nitrogen and oxygen atoms in total. The first-order valence-corrected chi connectivity index (χ1v) is 11.8. The van der Waals surface area contributed by atoms with Crippen LogP contribution in [-0.2, 0) is 20.7 Å². The predicted molar refractivity (Wildman–Crippen MR) is 122 cm³/mol. The van der Waals surface area contributed by atoms with Crippen molar-refractivity contribution in [1.29, 1.82) is 0 Å². The number of carboxylic acid groups (broad SMARTS) is 1. The lowest BCUT2D eigenvalue weighted by atomic mass is 10.0. The maximum absolute atomic E-state index is 12.4. The lowest BCUT2D eigenvalue weighted by molar-refractivity contribution is -0.147. The van der Waals surface area contributed by atoms with Gasteiger partial charge in [-0.25, -0.2) is 0 Å². The Kier molecular flexibility index (Phi) is 14.7. The van der Waals surface area contributed by atoms with Crippen molar-refractivity contribution in [3.05, 3.63) is 35.9 Å². The zero-order valence-corrected chi connectivity index (χ0v) is 18.9. The Balaban J connectivity index is 2.42. The minimum atomic E-state index is -0.948. The first-order chi connectivity index (χ1) is 14.6. The molecule has 30 heavy (non-hydrogen) atoms. The lowest BCUT2D eigenvalue weighted by Crippen LogP contribution is -2.48. The second-order valence-electron chi connectivity index (χ2n) is 8.02. The Bertz CT molecular complexity index is 576. The van der Waals surface area contributed by atoms with E-state index in [0.29, 0.717) is 19.4 Å². The van der Waals surface area contributed by atoms with E-state index in [4.69, 9.17) is 4.74 Å². The van der Waals surface area contributed by atoms with Gasteiger partial charge < -0.3 is 9.84 Å². The maximum Gasteiger partial charge on any atom is 0.323 e. The number of ether oxygens (including phenoxy) is 1. The van der Waals surface area contributed by atoms with Crippen molar-refractivity contribution < 1.29 is 19.4 Å². The van der Waals surface area contributed by atoms with Crippen molar-refractivity contribution >= 4 is 11.9 Å². The third-order valence-electron chi connectivity index (χ3n) is 5.40. The first-order valence-electron chi connectivity index (χ1n) is 11.8. The van der Waals surface area contributed by atoms with Crippen molar-refractivity contribution in [3.8, 4) is 0 Å². The number of carboxylic acids is 1. The zero-order valence-electron chi connectivity index (χ0n) is 18.9. The minimum Gasteiger partial charge on any atom is -0.480 e. The van der Waals surface area contributed by atoms with Crippen molar-refractivity contribution in [2.45, 2.75) is 103 Å². The van der Waals surface area contributed by atoms with Crippen molar-refractivity contribution in [3.63, 3.8) is 0 Å². The summed E-state index contributed by atoms with van der Waals surface area (Å²) in [7, 11) is 0. The highest BCUT2D eigenvalue weighted by Crippen LogP contribution is 2.13. The molecular formula is C25H41NO4. The highest BCUT2D eigenvalue weighted by Gasteiger charge is 2.27. The number of hydrogen-bond acceptors (Lipinski definition) is 4. The fourth-order valence-electron chi connectivity index (χ4n) is 3.66. The number of benzene rings is 1. The Morgan fingerprint density at radius 3 is 1.97 bits per heavy atom. The molecule has 0 saturated heterocycles. The van der Waals surface area contributed by atoms with Crippen molar-refractivity contribution in [2.75, 3.05) is 6.61 Å². The van der Waals surface area contributed by atoms with Gasteiger partial charge in [-0.05, 0) is 25.3 Å². The summed E-state index contributed by atoms with van der Waals surface area (Å²) in [5, 5.41) is 12.7. The van der Waals surface area contributed by atoms with Gasteiger partial charge in [-0.2, -0.15) is 0 Å². The summed E-state index contributed by atoms with van der Waals surface area (Å²) in [5.74, 6) is -1.30. The summed E-state index contributed by atoms with van der Waals surface area (Å²) in [4.78, 5) is 24.1. The van der Waals surface area contributed by atoms with E-state index in [1.54, 1.807) is 6.92 Å². The van der Waals surface area contributed by atoms with E-state index < -0.39 is 18.1 Å². The summed E-state index contributed by atoms with van der Waals surface area (Å²) in [5.41, 5.74) is 0.930. The molecule has 0 radical (unpaired) electrons. The number of hydrogen-bond donors (Lipinski definition) is 2. The van der Waals surface area contributed by atoms with Crippen LogP contribution in [-0.4, -0.2) is 35.7 Å². The van der Waals surface area contributed by atoms with Gasteiger partial charge in [0.15, 0.2) is 0 Å². The van der Waals surface area contributed by atoms with E-state index in [1.165, 1.54) is 44.9 Å². The number of carbonyl (C=O) groups excluding carboxylic acids is 1. The number of nitrogens with one attached hydrogen (secondary N) is 1. The Morgan fingerprint density at radius 2 is 1.43 bits per heavy atom. The molecule has 0 saturated carbocycles. The highest BCUT2D eigenvalue weighted by atomic mass is 16.5. The first kappa shape index (κ1) is 26.2. The maximum atomic E-state index is 12.4. The van der Waals surface area contributed by atoms with Crippen LogP contribution in [0, 0.1) is 0 Å². The van der Waals surface area contributed by atoms with Crippen LogP contribution in [0.25, 0.3) is 0 Å². The normalized spacial score (nSPS) is 13.0. The lowest BCUT2D eigenvalue weighted by Gasteiger charge is -2.22. The predicted octanol–water partition coefficient (Wildman–Crippen LogP) is 5.51. The third-order valence-corrected chi connectivity index (χ3v) is 5.40. The van der Waals surface area contributed by atoms with Gasteiger partial charge in [0.1, 0.15) is 12.1 Å². The van der Waals surface area contributed by atoms with Gasteiger partial charge in [0, 0.05) is 0 Å². The van der Waals surface area contributed by atoms with Crippen LogP contribution in [0.15, 0.2) is 30.3 Å². The van der Waals surface area contributed by atoms with E-state index in [2.05, 4.69) is 12.2 Å². The molecule has 0 spiro atoms. The fraction of sp³-hybridized carbons (Fsp3) is 0.680. The van der Waals surface area contributed by atoms with Crippen LogP contribution in [0.5, 0.6) is 0 Å². The van der Waals surface area contributed by atoms with E-state index in [-0.39, 0.29) is 5.97 Å². The molecule has 0 fully saturated rings. The van der Waals surface area contributed by atoms with Gasteiger partial charge in [-0.3, -0.25) is 14.9 Å². The molecule has 1 rings (SSSR count). The van der Waals surface area contributed by atoms with Crippen LogP contribution in [0.2, 0.25) is 0 Å². The molecular weight excluding hydrogens is 378 g/mol. The second-order valence-corrected chi connectivity index (χ2v) is 8.02. The van der Waals surface area contributed by atoms with E-state index >= 15 is 0 Å². The second kappa shape index (κ2) is 16.9. The molecule has 1 aromatic carbocycles. The van der Waals surface area contributed by atoms with Crippen molar-refractivity contribution in [1.82, 2.24) is 5.32 Å². The van der Waals surface area contributed by atoms with Gasteiger partial charge in [0.05, 0.1) is 6.61 Å². The average Bonchev–Trinajstić information content (AvgIpc) is 2.74. The molecule has 0 bridgehead atoms. The van der Waals surface area contributed by atoms with Gasteiger partial charge in [0.25, 0.3) is 0 Å². The quantitative estimate of drug-likeness (QED) is 0.242. The van der Waals surface area contributed by atoms with Crippen LogP contribution in [0.3, 0.4) is 0 Å². The van der Waals surface area contributed by atoms with Crippen LogP contribution < -0.4 is 5.32 Å². The molecule has 0 aliphatic heterocycles. The topological polar surface area (TPSA) is 75.6 Å². The molecule has 5 heteroatoms. The number of rotatable bonds is 18. The fourth-order valence-corrected chi connectivity index (χ4v) is 3.66. The highest BCUT2D eigenvalue weighted by molar-refractivity contribution is 5.78. The summed E-state index contributed by atoms with van der Waals surface area (Å²) in [6, 6.07) is 8.09. The average molecular weight is 420 g/mol. The van der Waals surface area contributed by atoms with Crippen LogP contribution in [0.4, 0.5) is 0 Å². The largest absolute Gasteiger partial charge is 0.480 e. The van der Waals surface area contributed by atoms with Gasteiger partial charge in [-0.1, -0.05) is 101 Å². The minimum absolute atomic E-state index is 0.297. The number of aliphatic carboxylic acids is 1. The SMILES string of the molecule is CCCCCCCCCCCC[C@H](N[C@@H](Cc1ccccc1)C(=O)O)C(=O)OCC. The van der Waals surface area contributed by atoms with Gasteiger partial charge in [-0.15, -0.1) is 0 Å². The molecule has 0 aliphatic rings. The Labute approximate surface area is 182 Å². The Morgan fingerprint density at radius 1 is 0.867 bits per heavy atom. The monoisotopic (exact) mass is 419 g/mol. The summed E-state index contributed by atoms with van der Waals surface area (Å²) >= 11 is 0. The van der Waals surface area contributed by atoms with Crippen molar-refractivity contribution in [2.24, 2.45) is 0 Å². The number of esters is 1. The molecule has 170 valence electrons. The molecule has 0 aromatic heterocycles. The smallest absolute Gasteiger partial charge is 0.323 e. The molecule has 1 aromatic rings. The molecule has 0 aliphatic carbocycles. The van der Waals surface area contributed by atoms with E-state index in [1.807, 2.05) is 30.3 Å². The van der Waals surface area contributed by atoms with Crippen LogP contribution >= 0.6 is 0 Å². The Hall–Kier alpha value is -1.88. The summed E-state index contributed by atoms with van der Waals surface area (Å²) < 4.78 is 5.18. The number of unbranched alkanes of at least 4 members (excludes halogenated alkanes) is 9. The molecule has 0 unspecified atom stereocenters. The standard InChI is InChI=1S/C25H41NO4/c1-3-5-6-7-8-9-10-11-12-16-19-22(25(29)30-4-2)26-23(24(27)28)20-21-17-14-13-15-18-21/h13-15,17-18,22-23,26H,3-12,16,19-20H2,1-2H3,(H,27,28)/t22-,23-/m0/s1. The van der Waals surface area contributed by atoms with Crippen LogP contribution in [0.1, 0.15) is 90.0 Å². The molecule has 2 atom stereocenters. The zero-order chi connectivity index (χ0) is 22.0. The molecule has 0 amide bonds. The number of carbonyl (C=O) groups is 2. The molecule has 0 heterocycles. The van der Waals surface area contributed by atoms with E-state index in [0.717, 1.165) is 24.8 Å². The summed E-state index contributed by atoms with van der Waals surface area (Å²) in [6.45, 7) is 4.30. The summed E-state index contributed by atoms with van der Waals surface area (Å²) in [6.07, 6.45) is 13.2. The third kappa shape index (κ3) is 12.0.